The van der Waals surface area contributed by atoms with Crippen LogP contribution in [0.4, 0.5) is 10.1 Å². The molecular formula is C14H20FN. The minimum Gasteiger partial charge on any atom is -0.384 e. The average molecular weight is 221 g/mol. The molecule has 0 aromatic heterocycles. The molecule has 0 spiro atoms. The summed E-state index contributed by atoms with van der Waals surface area (Å²) >= 11 is 0. The average Bonchev–Trinajstić information content (AvgIpc) is 2.61. The molecule has 0 radical (unpaired) electrons. The van der Waals surface area contributed by atoms with E-state index in [0.29, 0.717) is 5.92 Å². The van der Waals surface area contributed by atoms with Gasteiger partial charge in [-0.15, -0.1) is 0 Å². The van der Waals surface area contributed by atoms with Gasteiger partial charge in [-0.05, 0) is 36.1 Å². The molecule has 0 fully saturated rings. The molecule has 0 saturated carbocycles. The standard InChI is InChI=1S/C14H20FN/c1-3-4-10(2)7-11-9-16-14-6-5-12(15)8-13(11)14/h5-6,8,10-11,16H,3-4,7,9H2,1-2H3. The van der Waals surface area contributed by atoms with E-state index in [9.17, 15) is 4.39 Å². The lowest BCUT2D eigenvalue weighted by atomic mass is 9.89. The topological polar surface area (TPSA) is 12.0 Å². The number of hydrogen-bond donors (Lipinski definition) is 1. The van der Waals surface area contributed by atoms with Crippen molar-refractivity contribution in [2.24, 2.45) is 5.92 Å². The minimum atomic E-state index is -0.115. The number of hydrogen-bond acceptors (Lipinski definition) is 1. The largest absolute Gasteiger partial charge is 0.384 e. The molecule has 1 aromatic carbocycles. The van der Waals surface area contributed by atoms with E-state index in [1.54, 1.807) is 6.07 Å². The summed E-state index contributed by atoms with van der Waals surface area (Å²) in [7, 11) is 0. The molecule has 88 valence electrons. The Bertz CT molecular complexity index is 362. The summed E-state index contributed by atoms with van der Waals surface area (Å²) in [4.78, 5) is 0. The number of benzene rings is 1. The van der Waals surface area contributed by atoms with Crippen LogP contribution in [0.1, 0.15) is 44.6 Å². The number of anilines is 1. The van der Waals surface area contributed by atoms with Crippen LogP contribution in [0.2, 0.25) is 0 Å². The third-order valence-corrected chi connectivity index (χ3v) is 3.46. The van der Waals surface area contributed by atoms with Crippen molar-refractivity contribution in [3.63, 3.8) is 0 Å². The zero-order valence-electron chi connectivity index (χ0n) is 10.1. The molecule has 1 aliphatic heterocycles. The van der Waals surface area contributed by atoms with Crippen molar-refractivity contribution in [3.05, 3.63) is 29.6 Å². The monoisotopic (exact) mass is 221 g/mol. The Kier molecular flexibility index (Phi) is 3.47. The van der Waals surface area contributed by atoms with Gasteiger partial charge >= 0.3 is 0 Å². The number of fused-ring (bicyclic) bond motifs is 1. The fourth-order valence-electron chi connectivity index (χ4n) is 2.68. The molecule has 0 aliphatic carbocycles. The molecule has 1 aliphatic rings. The second-order valence-electron chi connectivity index (χ2n) is 4.94. The van der Waals surface area contributed by atoms with Crippen molar-refractivity contribution >= 4 is 5.69 Å². The molecule has 1 aromatic rings. The molecule has 2 unspecified atom stereocenters. The number of halogens is 1. The second kappa shape index (κ2) is 4.86. The lowest BCUT2D eigenvalue weighted by Crippen LogP contribution is -2.07. The van der Waals surface area contributed by atoms with Crippen LogP contribution in [0.5, 0.6) is 0 Å². The summed E-state index contributed by atoms with van der Waals surface area (Å²) < 4.78 is 13.2. The maximum atomic E-state index is 13.2. The normalized spacial score (nSPS) is 20.3. The number of nitrogens with one attached hydrogen (secondary N) is 1. The van der Waals surface area contributed by atoms with Crippen LogP contribution >= 0.6 is 0 Å². The van der Waals surface area contributed by atoms with Gasteiger partial charge in [0.15, 0.2) is 0 Å². The Labute approximate surface area is 97.1 Å². The highest BCUT2D eigenvalue weighted by molar-refractivity contribution is 5.57. The van der Waals surface area contributed by atoms with Gasteiger partial charge in [0.25, 0.3) is 0 Å². The molecular weight excluding hydrogens is 201 g/mol. The first-order valence-corrected chi connectivity index (χ1v) is 6.24. The molecule has 1 N–H and O–H groups in total. The Morgan fingerprint density at radius 1 is 1.50 bits per heavy atom. The van der Waals surface area contributed by atoms with Gasteiger partial charge in [-0.25, -0.2) is 4.39 Å². The summed E-state index contributed by atoms with van der Waals surface area (Å²) in [5.74, 6) is 1.11. The van der Waals surface area contributed by atoms with Crippen molar-refractivity contribution in [2.75, 3.05) is 11.9 Å². The number of rotatable bonds is 4. The second-order valence-corrected chi connectivity index (χ2v) is 4.94. The van der Waals surface area contributed by atoms with E-state index >= 15 is 0 Å². The maximum absolute atomic E-state index is 13.2. The van der Waals surface area contributed by atoms with Crippen molar-refractivity contribution in [3.8, 4) is 0 Å². The smallest absolute Gasteiger partial charge is 0.123 e. The van der Waals surface area contributed by atoms with Crippen molar-refractivity contribution in [2.45, 2.75) is 39.0 Å². The predicted molar refractivity (Wildman–Crippen MR) is 66.3 cm³/mol. The molecule has 0 amide bonds. The van der Waals surface area contributed by atoms with Crippen molar-refractivity contribution < 1.29 is 4.39 Å². The van der Waals surface area contributed by atoms with Gasteiger partial charge in [0, 0.05) is 18.2 Å². The first-order chi connectivity index (χ1) is 7.70. The third kappa shape index (κ3) is 2.37. The van der Waals surface area contributed by atoms with E-state index in [-0.39, 0.29) is 5.82 Å². The van der Waals surface area contributed by atoms with Crippen LogP contribution in [-0.2, 0) is 0 Å². The van der Waals surface area contributed by atoms with Gasteiger partial charge in [-0.2, -0.15) is 0 Å². The van der Waals surface area contributed by atoms with E-state index in [1.807, 2.05) is 6.07 Å². The first-order valence-electron chi connectivity index (χ1n) is 6.24. The van der Waals surface area contributed by atoms with Gasteiger partial charge in [0.2, 0.25) is 0 Å². The lowest BCUT2D eigenvalue weighted by Gasteiger charge is -2.15. The van der Waals surface area contributed by atoms with Crippen molar-refractivity contribution in [1.82, 2.24) is 0 Å². The zero-order valence-corrected chi connectivity index (χ0v) is 10.1. The third-order valence-electron chi connectivity index (χ3n) is 3.46. The zero-order chi connectivity index (χ0) is 11.5. The quantitative estimate of drug-likeness (QED) is 0.805. The van der Waals surface area contributed by atoms with Gasteiger partial charge in [0.05, 0.1) is 0 Å². The summed E-state index contributed by atoms with van der Waals surface area (Å²) in [6, 6.07) is 5.08. The highest BCUT2D eigenvalue weighted by Crippen LogP contribution is 2.36. The van der Waals surface area contributed by atoms with E-state index in [2.05, 4.69) is 19.2 Å². The summed E-state index contributed by atoms with van der Waals surface area (Å²) in [6.45, 7) is 5.48. The molecule has 2 atom stereocenters. The summed E-state index contributed by atoms with van der Waals surface area (Å²) in [5, 5.41) is 3.36. The van der Waals surface area contributed by atoms with E-state index in [4.69, 9.17) is 0 Å². The maximum Gasteiger partial charge on any atom is 0.123 e. The molecule has 1 heterocycles. The lowest BCUT2D eigenvalue weighted by molar-refractivity contribution is 0.447. The predicted octanol–water partition coefficient (Wildman–Crippen LogP) is 4.16. The van der Waals surface area contributed by atoms with Crippen LogP contribution < -0.4 is 5.32 Å². The summed E-state index contributed by atoms with van der Waals surface area (Å²) in [6.07, 6.45) is 3.66. The Morgan fingerprint density at radius 2 is 2.31 bits per heavy atom. The molecule has 16 heavy (non-hydrogen) atoms. The van der Waals surface area contributed by atoms with Crippen LogP contribution in [0.25, 0.3) is 0 Å². The SMILES string of the molecule is CCCC(C)CC1CNc2ccc(F)cc21. The van der Waals surface area contributed by atoms with E-state index in [1.165, 1.54) is 24.5 Å². The van der Waals surface area contributed by atoms with Gasteiger partial charge in [0.1, 0.15) is 5.82 Å². The minimum absolute atomic E-state index is 0.115. The fourth-order valence-corrected chi connectivity index (χ4v) is 2.68. The molecule has 0 bridgehead atoms. The van der Waals surface area contributed by atoms with Gasteiger partial charge in [-0.1, -0.05) is 26.7 Å². The Morgan fingerprint density at radius 3 is 3.06 bits per heavy atom. The van der Waals surface area contributed by atoms with Crippen LogP contribution in [0.3, 0.4) is 0 Å². The highest BCUT2D eigenvalue weighted by atomic mass is 19.1. The molecule has 2 rings (SSSR count). The Hall–Kier alpha value is -1.05. The first kappa shape index (κ1) is 11.4. The van der Waals surface area contributed by atoms with E-state index in [0.717, 1.165) is 24.6 Å². The van der Waals surface area contributed by atoms with E-state index < -0.39 is 0 Å². The van der Waals surface area contributed by atoms with Crippen LogP contribution in [0.15, 0.2) is 18.2 Å². The van der Waals surface area contributed by atoms with Crippen molar-refractivity contribution in [1.29, 1.82) is 0 Å². The fraction of sp³-hybridized carbons (Fsp3) is 0.571. The molecule has 2 heteroatoms. The summed E-state index contributed by atoms with van der Waals surface area (Å²) in [5.41, 5.74) is 2.29. The van der Waals surface area contributed by atoms with Gasteiger partial charge < -0.3 is 5.32 Å². The molecule has 0 saturated heterocycles. The van der Waals surface area contributed by atoms with Crippen LogP contribution in [-0.4, -0.2) is 6.54 Å². The molecule has 1 nitrogen and oxygen atoms in total. The van der Waals surface area contributed by atoms with Gasteiger partial charge in [-0.3, -0.25) is 0 Å². The Balaban J connectivity index is 2.08. The highest BCUT2D eigenvalue weighted by Gasteiger charge is 2.23. The van der Waals surface area contributed by atoms with Crippen LogP contribution in [0, 0.1) is 11.7 Å².